The van der Waals surface area contributed by atoms with Gasteiger partial charge in [-0.2, -0.15) is 0 Å². The van der Waals surface area contributed by atoms with Crippen LogP contribution in [-0.2, 0) is 0 Å². The highest BCUT2D eigenvalue weighted by Gasteiger charge is 2.34. The Bertz CT molecular complexity index is 3340. The van der Waals surface area contributed by atoms with Gasteiger partial charge < -0.3 is 19.0 Å². The number of fused-ring (bicyclic) bond motifs is 8. The number of benzene rings is 8. The Kier molecular flexibility index (Phi) is 7.81. The van der Waals surface area contributed by atoms with E-state index in [1.165, 1.54) is 5.39 Å². The SMILES string of the molecule is c1ccc(-c2cccc(-c3ccccc3)c2N2CN(c3cccc(Oc4ccc5c6ccccc6n(-c6ccccn6)c5c4)c3)c3ccc4oc5ccccc5c4c32)cc1. The summed E-state index contributed by atoms with van der Waals surface area (Å²) in [6.45, 7) is 0.567. The van der Waals surface area contributed by atoms with Crippen LogP contribution in [0, 0.1) is 0 Å². The number of nitrogens with zero attached hydrogens (tertiary/aromatic N) is 4. The third-order valence-corrected chi connectivity index (χ3v) is 11.7. The highest BCUT2D eigenvalue weighted by Crippen LogP contribution is 2.54. The molecule has 0 saturated heterocycles. The van der Waals surface area contributed by atoms with Gasteiger partial charge in [-0.25, -0.2) is 4.98 Å². The molecule has 11 aromatic rings. The molecule has 284 valence electrons. The largest absolute Gasteiger partial charge is 0.457 e. The van der Waals surface area contributed by atoms with Crippen LogP contribution in [0.25, 0.3) is 71.8 Å². The Morgan fingerprint density at radius 1 is 0.467 bits per heavy atom. The van der Waals surface area contributed by atoms with Crippen LogP contribution >= 0.6 is 0 Å². The van der Waals surface area contributed by atoms with Crippen LogP contribution in [0.15, 0.2) is 211 Å². The number of rotatable bonds is 7. The molecule has 0 bridgehead atoms. The van der Waals surface area contributed by atoms with Gasteiger partial charge in [0.05, 0.1) is 33.5 Å². The molecule has 0 unspecified atom stereocenters. The fourth-order valence-electron chi connectivity index (χ4n) is 9.10. The molecule has 0 atom stereocenters. The van der Waals surface area contributed by atoms with Crippen LogP contribution in [-0.4, -0.2) is 16.2 Å². The molecule has 0 fully saturated rings. The van der Waals surface area contributed by atoms with Gasteiger partial charge in [0.2, 0.25) is 0 Å². The quantitative estimate of drug-likeness (QED) is 0.161. The first-order valence-corrected chi connectivity index (χ1v) is 20.2. The Hall–Kier alpha value is -8.09. The van der Waals surface area contributed by atoms with Crippen molar-refractivity contribution in [2.75, 3.05) is 16.5 Å². The third kappa shape index (κ3) is 5.46. The Morgan fingerprint density at radius 3 is 1.93 bits per heavy atom. The molecule has 60 heavy (non-hydrogen) atoms. The highest BCUT2D eigenvalue weighted by atomic mass is 16.5. The van der Waals surface area contributed by atoms with E-state index >= 15 is 0 Å². The minimum absolute atomic E-state index is 0.567. The lowest BCUT2D eigenvalue weighted by Crippen LogP contribution is -2.25. The number of aromatic nitrogens is 2. The van der Waals surface area contributed by atoms with Crippen molar-refractivity contribution in [2.45, 2.75) is 0 Å². The normalized spacial score (nSPS) is 12.5. The Balaban J connectivity index is 1.01. The third-order valence-electron chi connectivity index (χ3n) is 11.7. The van der Waals surface area contributed by atoms with Crippen molar-refractivity contribution < 1.29 is 9.15 Å². The second-order valence-corrected chi connectivity index (χ2v) is 15.2. The zero-order valence-corrected chi connectivity index (χ0v) is 32.4. The number of pyridine rings is 1. The molecular weight excluding hydrogens is 737 g/mol. The van der Waals surface area contributed by atoms with Crippen molar-refractivity contribution in [3.8, 4) is 39.6 Å². The van der Waals surface area contributed by atoms with Gasteiger partial charge in [0.1, 0.15) is 35.2 Å². The summed E-state index contributed by atoms with van der Waals surface area (Å²) in [6, 6.07) is 69.9. The first-order chi connectivity index (χ1) is 29.8. The van der Waals surface area contributed by atoms with E-state index in [4.69, 9.17) is 14.1 Å². The van der Waals surface area contributed by atoms with E-state index in [1.807, 2.05) is 36.5 Å². The molecule has 0 aliphatic carbocycles. The molecule has 0 saturated carbocycles. The van der Waals surface area contributed by atoms with Crippen molar-refractivity contribution >= 4 is 66.5 Å². The van der Waals surface area contributed by atoms with Gasteiger partial charge in [0.25, 0.3) is 0 Å². The van der Waals surface area contributed by atoms with Gasteiger partial charge in [0, 0.05) is 51.3 Å². The number of anilines is 4. The van der Waals surface area contributed by atoms with E-state index in [9.17, 15) is 0 Å². The second-order valence-electron chi connectivity index (χ2n) is 15.2. The fourth-order valence-corrected chi connectivity index (χ4v) is 9.10. The van der Waals surface area contributed by atoms with Gasteiger partial charge in [-0.1, -0.05) is 127 Å². The molecule has 6 nitrogen and oxygen atoms in total. The summed E-state index contributed by atoms with van der Waals surface area (Å²) >= 11 is 0. The average Bonchev–Trinajstić information content (AvgIpc) is 3.99. The number of hydrogen-bond donors (Lipinski definition) is 0. The maximum Gasteiger partial charge on any atom is 0.137 e. The van der Waals surface area contributed by atoms with Crippen LogP contribution in [0.3, 0.4) is 0 Å². The molecule has 6 heteroatoms. The van der Waals surface area contributed by atoms with Crippen LogP contribution < -0.4 is 14.5 Å². The smallest absolute Gasteiger partial charge is 0.137 e. The standard InChI is InChI=1S/C54H36N4O2/c1-3-15-36(16-4-1)41-23-14-24-42(37-17-5-2-6-18-37)53(41)57-35-56(47-30-31-50-52(54(47)57)45-22-8-10-26-49(45)60-50)38-19-13-20-39(33-38)59-40-28-29-44-43-21-7-9-25-46(43)58(48(44)34-40)51-27-11-12-32-55-51/h1-34H,35H2. The lowest BCUT2D eigenvalue weighted by atomic mass is 9.94. The molecular formula is C54H36N4O2. The van der Waals surface area contributed by atoms with E-state index in [2.05, 4.69) is 184 Å². The van der Waals surface area contributed by atoms with E-state index in [0.717, 1.165) is 101 Å². The molecule has 1 aliphatic heterocycles. The van der Waals surface area contributed by atoms with Gasteiger partial charge in [-0.05, 0) is 71.8 Å². The predicted octanol–water partition coefficient (Wildman–Crippen LogP) is 14.5. The lowest BCUT2D eigenvalue weighted by molar-refractivity contribution is 0.483. The van der Waals surface area contributed by atoms with Gasteiger partial charge >= 0.3 is 0 Å². The minimum Gasteiger partial charge on any atom is -0.457 e. The number of furan rings is 1. The molecule has 4 heterocycles. The zero-order chi connectivity index (χ0) is 39.6. The number of para-hydroxylation sites is 3. The number of hydrogen-bond acceptors (Lipinski definition) is 5. The van der Waals surface area contributed by atoms with E-state index < -0.39 is 0 Å². The monoisotopic (exact) mass is 772 g/mol. The van der Waals surface area contributed by atoms with Gasteiger partial charge in [-0.3, -0.25) is 4.57 Å². The Morgan fingerprint density at radius 2 is 1.15 bits per heavy atom. The highest BCUT2D eigenvalue weighted by molar-refractivity contribution is 6.18. The Labute approximate surface area is 346 Å². The average molecular weight is 773 g/mol. The van der Waals surface area contributed by atoms with E-state index in [-0.39, 0.29) is 0 Å². The van der Waals surface area contributed by atoms with Crippen molar-refractivity contribution in [3.05, 3.63) is 206 Å². The summed E-state index contributed by atoms with van der Waals surface area (Å²) in [5, 5.41) is 4.50. The molecule has 0 radical (unpaired) electrons. The molecule has 8 aromatic carbocycles. The van der Waals surface area contributed by atoms with E-state index in [1.54, 1.807) is 0 Å². The zero-order valence-electron chi connectivity index (χ0n) is 32.4. The minimum atomic E-state index is 0.567. The van der Waals surface area contributed by atoms with Crippen molar-refractivity contribution in [3.63, 3.8) is 0 Å². The maximum absolute atomic E-state index is 6.75. The molecule has 3 aromatic heterocycles. The predicted molar refractivity (Wildman–Crippen MR) is 245 cm³/mol. The van der Waals surface area contributed by atoms with Crippen molar-refractivity contribution in [1.82, 2.24) is 9.55 Å². The lowest BCUT2D eigenvalue weighted by Gasteiger charge is -2.27. The fraction of sp³-hybridized carbons (Fsp3) is 0.0185. The molecule has 1 aliphatic rings. The number of ether oxygens (including phenoxy) is 1. The van der Waals surface area contributed by atoms with Crippen molar-refractivity contribution in [1.29, 1.82) is 0 Å². The van der Waals surface area contributed by atoms with Crippen molar-refractivity contribution in [2.24, 2.45) is 0 Å². The summed E-state index contributed by atoms with van der Waals surface area (Å²) < 4.78 is 15.5. The van der Waals surface area contributed by atoms with Gasteiger partial charge in [0.15, 0.2) is 0 Å². The molecule has 0 N–H and O–H groups in total. The molecule has 0 spiro atoms. The van der Waals surface area contributed by atoms with Gasteiger partial charge in [-0.15, -0.1) is 0 Å². The topological polar surface area (TPSA) is 46.7 Å². The van der Waals surface area contributed by atoms with E-state index in [0.29, 0.717) is 6.67 Å². The van der Waals surface area contributed by atoms with Crippen LogP contribution in [0.1, 0.15) is 0 Å². The van der Waals surface area contributed by atoms with Crippen LogP contribution in [0.5, 0.6) is 11.5 Å². The summed E-state index contributed by atoms with van der Waals surface area (Å²) in [6.07, 6.45) is 1.84. The van der Waals surface area contributed by atoms with Crippen LogP contribution in [0.4, 0.5) is 22.7 Å². The summed E-state index contributed by atoms with van der Waals surface area (Å²) in [5.41, 5.74) is 12.9. The van der Waals surface area contributed by atoms with Crippen LogP contribution in [0.2, 0.25) is 0 Å². The maximum atomic E-state index is 6.75. The summed E-state index contributed by atoms with van der Waals surface area (Å²) in [4.78, 5) is 9.60. The molecule has 0 amide bonds. The summed E-state index contributed by atoms with van der Waals surface area (Å²) in [5.74, 6) is 2.36. The summed E-state index contributed by atoms with van der Waals surface area (Å²) in [7, 11) is 0. The first kappa shape index (κ1) is 34.0. The second kappa shape index (κ2) is 13.8. The molecule has 12 rings (SSSR count). The first-order valence-electron chi connectivity index (χ1n) is 20.2.